The molecule has 0 radical (unpaired) electrons. The van der Waals surface area contributed by atoms with E-state index in [1.807, 2.05) is 35.4 Å². The molecule has 8 heteroatoms. The molecule has 1 aromatic heterocycles. The Labute approximate surface area is 168 Å². The molecule has 150 valence electrons. The van der Waals surface area contributed by atoms with E-state index in [9.17, 15) is 14.4 Å². The van der Waals surface area contributed by atoms with Crippen LogP contribution in [0.25, 0.3) is 0 Å². The summed E-state index contributed by atoms with van der Waals surface area (Å²) < 4.78 is 2.55. The Bertz CT molecular complexity index is 965. The first-order chi connectivity index (χ1) is 13.4. The molecular formula is C20H26N4O3S. The van der Waals surface area contributed by atoms with E-state index in [-0.39, 0.29) is 23.1 Å². The molecule has 0 bridgehead atoms. The van der Waals surface area contributed by atoms with Crippen LogP contribution in [-0.2, 0) is 25.4 Å². The molecule has 0 aliphatic carbocycles. The Morgan fingerprint density at radius 2 is 1.89 bits per heavy atom. The highest BCUT2D eigenvalue weighted by atomic mass is 32.2. The van der Waals surface area contributed by atoms with Crippen LogP contribution >= 0.6 is 11.8 Å². The van der Waals surface area contributed by atoms with Gasteiger partial charge in [0.2, 0.25) is 5.91 Å². The first-order valence-corrected chi connectivity index (χ1v) is 10.6. The van der Waals surface area contributed by atoms with Gasteiger partial charge in [0.1, 0.15) is 5.82 Å². The van der Waals surface area contributed by atoms with E-state index in [1.165, 1.54) is 22.6 Å². The SMILES string of the molecule is CSc1ccc(CNC(=O)C2CCCN(c3cc(=O)n(C)c(=O)n3C)C2)cc1. The van der Waals surface area contributed by atoms with Crippen molar-refractivity contribution in [1.82, 2.24) is 14.5 Å². The minimum absolute atomic E-state index is 0.00692. The van der Waals surface area contributed by atoms with Crippen LogP contribution < -0.4 is 21.5 Å². The van der Waals surface area contributed by atoms with E-state index in [0.717, 1.165) is 29.5 Å². The molecule has 1 atom stereocenters. The number of nitrogens with one attached hydrogen (secondary N) is 1. The lowest BCUT2D eigenvalue weighted by atomic mass is 9.97. The van der Waals surface area contributed by atoms with Crippen LogP contribution in [0.1, 0.15) is 18.4 Å². The van der Waals surface area contributed by atoms with Crippen molar-refractivity contribution in [2.45, 2.75) is 24.3 Å². The number of carbonyl (C=O) groups is 1. The number of piperidine rings is 1. The normalized spacial score (nSPS) is 16.8. The molecule has 2 heterocycles. The summed E-state index contributed by atoms with van der Waals surface area (Å²) in [7, 11) is 3.12. The third kappa shape index (κ3) is 4.32. The van der Waals surface area contributed by atoms with Crippen LogP contribution in [0.2, 0.25) is 0 Å². The molecule has 1 aliphatic rings. The molecule has 1 aromatic carbocycles. The molecule has 0 spiro atoms. The smallest absolute Gasteiger partial charge is 0.332 e. The summed E-state index contributed by atoms with van der Waals surface area (Å²) in [4.78, 5) is 40.0. The summed E-state index contributed by atoms with van der Waals surface area (Å²) >= 11 is 1.69. The van der Waals surface area contributed by atoms with Crippen molar-refractivity contribution in [3.63, 3.8) is 0 Å². The second-order valence-electron chi connectivity index (χ2n) is 7.09. The van der Waals surface area contributed by atoms with E-state index >= 15 is 0 Å². The maximum absolute atomic E-state index is 12.7. The van der Waals surface area contributed by atoms with Gasteiger partial charge in [0.25, 0.3) is 5.56 Å². The predicted octanol–water partition coefficient (Wildman–Crippen LogP) is 1.34. The highest BCUT2D eigenvalue weighted by molar-refractivity contribution is 7.98. The number of carbonyl (C=O) groups excluding carboxylic acids is 1. The Balaban J connectivity index is 1.66. The number of rotatable bonds is 5. The van der Waals surface area contributed by atoms with Crippen LogP contribution in [0.15, 0.2) is 44.8 Å². The topological polar surface area (TPSA) is 76.3 Å². The van der Waals surface area contributed by atoms with Gasteiger partial charge in [-0.1, -0.05) is 12.1 Å². The van der Waals surface area contributed by atoms with Gasteiger partial charge in [0, 0.05) is 44.7 Å². The maximum Gasteiger partial charge on any atom is 0.332 e. The molecular weight excluding hydrogens is 376 g/mol. The van der Waals surface area contributed by atoms with Gasteiger partial charge >= 0.3 is 5.69 Å². The zero-order valence-corrected chi connectivity index (χ0v) is 17.3. The monoisotopic (exact) mass is 402 g/mol. The van der Waals surface area contributed by atoms with Crippen molar-refractivity contribution in [3.8, 4) is 0 Å². The summed E-state index contributed by atoms with van der Waals surface area (Å²) in [5.74, 6) is 0.407. The average molecular weight is 403 g/mol. The lowest BCUT2D eigenvalue weighted by molar-refractivity contribution is -0.125. The molecule has 28 heavy (non-hydrogen) atoms. The minimum atomic E-state index is -0.359. The number of anilines is 1. The maximum atomic E-state index is 12.7. The predicted molar refractivity (Wildman–Crippen MR) is 112 cm³/mol. The van der Waals surface area contributed by atoms with Crippen molar-refractivity contribution in [3.05, 3.63) is 56.7 Å². The van der Waals surface area contributed by atoms with E-state index in [0.29, 0.717) is 18.9 Å². The van der Waals surface area contributed by atoms with Crippen LogP contribution in [0.4, 0.5) is 5.82 Å². The van der Waals surface area contributed by atoms with Crippen molar-refractivity contribution >= 4 is 23.5 Å². The second-order valence-corrected chi connectivity index (χ2v) is 7.97. The summed E-state index contributed by atoms with van der Waals surface area (Å²) in [5.41, 5.74) is 0.369. The number of amides is 1. The Morgan fingerprint density at radius 3 is 2.57 bits per heavy atom. The van der Waals surface area contributed by atoms with Gasteiger partial charge in [-0.2, -0.15) is 0 Å². The fourth-order valence-electron chi connectivity index (χ4n) is 3.50. The number of hydrogen-bond acceptors (Lipinski definition) is 5. The van der Waals surface area contributed by atoms with Gasteiger partial charge in [-0.25, -0.2) is 4.79 Å². The highest BCUT2D eigenvalue weighted by Gasteiger charge is 2.27. The van der Waals surface area contributed by atoms with Gasteiger partial charge in [-0.3, -0.25) is 18.7 Å². The molecule has 0 saturated carbocycles. The Hall–Kier alpha value is -2.48. The molecule has 7 nitrogen and oxygen atoms in total. The number of nitrogens with zero attached hydrogens (tertiary/aromatic N) is 3. The summed E-state index contributed by atoms with van der Waals surface area (Å²) in [5, 5.41) is 3.02. The molecule has 1 fully saturated rings. The number of hydrogen-bond donors (Lipinski definition) is 1. The molecule has 1 unspecified atom stereocenters. The zero-order valence-electron chi connectivity index (χ0n) is 16.5. The molecule has 1 aliphatic heterocycles. The van der Waals surface area contributed by atoms with E-state index in [2.05, 4.69) is 5.32 Å². The zero-order chi connectivity index (χ0) is 20.3. The quantitative estimate of drug-likeness (QED) is 0.764. The van der Waals surface area contributed by atoms with Crippen molar-refractivity contribution in [2.75, 3.05) is 24.2 Å². The van der Waals surface area contributed by atoms with Crippen LogP contribution in [0.5, 0.6) is 0 Å². The standard InChI is InChI=1S/C20H26N4O3S/c1-22-17(11-18(25)23(2)20(22)27)24-10-4-5-15(13-24)19(26)21-12-14-6-8-16(28-3)9-7-14/h6-9,11,15H,4-5,10,12-13H2,1-3H3,(H,21,26). The largest absolute Gasteiger partial charge is 0.357 e. The van der Waals surface area contributed by atoms with Gasteiger partial charge in [0.15, 0.2) is 0 Å². The number of aromatic nitrogens is 2. The summed E-state index contributed by atoms with van der Waals surface area (Å²) in [6.45, 7) is 1.71. The third-order valence-corrected chi connectivity index (χ3v) is 5.99. The fraction of sp³-hybridized carbons (Fsp3) is 0.450. The lowest BCUT2D eigenvalue weighted by Gasteiger charge is -2.34. The van der Waals surface area contributed by atoms with Gasteiger partial charge in [0.05, 0.1) is 5.92 Å². The van der Waals surface area contributed by atoms with Crippen molar-refractivity contribution in [2.24, 2.45) is 20.0 Å². The van der Waals surface area contributed by atoms with Crippen LogP contribution in [0, 0.1) is 5.92 Å². The van der Waals surface area contributed by atoms with Crippen molar-refractivity contribution < 1.29 is 4.79 Å². The molecule has 1 N–H and O–H groups in total. The van der Waals surface area contributed by atoms with Gasteiger partial charge in [-0.05, 0) is 36.8 Å². The average Bonchev–Trinajstić information content (AvgIpc) is 2.73. The Kier molecular flexibility index (Phi) is 6.28. The lowest BCUT2D eigenvalue weighted by Crippen LogP contribution is -2.46. The van der Waals surface area contributed by atoms with Crippen LogP contribution in [0.3, 0.4) is 0 Å². The number of thioether (sulfide) groups is 1. The van der Waals surface area contributed by atoms with Crippen molar-refractivity contribution in [1.29, 1.82) is 0 Å². The molecule has 3 rings (SSSR count). The number of benzene rings is 1. The van der Waals surface area contributed by atoms with E-state index in [4.69, 9.17) is 0 Å². The fourth-order valence-corrected chi connectivity index (χ4v) is 3.91. The third-order valence-electron chi connectivity index (χ3n) is 5.24. The Morgan fingerprint density at radius 1 is 1.18 bits per heavy atom. The first kappa shape index (κ1) is 20.3. The van der Waals surface area contributed by atoms with E-state index < -0.39 is 0 Å². The second kappa shape index (κ2) is 8.68. The van der Waals surface area contributed by atoms with Gasteiger partial charge in [-0.15, -0.1) is 11.8 Å². The van der Waals surface area contributed by atoms with Gasteiger partial charge < -0.3 is 10.2 Å². The summed E-state index contributed by atoms with van der Waals surface area (Å²) in [6.07, 6.45) is 3.67. The van der Waals surface area contributed by atoms with Crippen LogP contribution in [-0.4, -0.2) is 34.4 Å². The highest BCUT2D eigenvalue weighted by Crippen LogP contribution is 2.22. The molecule has 1 saturated heterocycles. The minimum Gasteiger partial charge on any atom is -0.357 e. The molecule has 2 aromatic rings. The first-order valence-electron chi connectivity index (χ1n) is 9.33. The molecule has 1 amide bonds. The van der Waals surface area contributed by atoms with E-state index in [1.54, 1.807) is 18.8 Å². The summed E-state index contributed by atoms with van der Waals surface area (Å²) in [6, 6.07) is 9.61.